The van der Waals surface area contributed by atoms with E-state index in [-0.39, 0.29) is 54.2 Å². The van der Waals surface area contributed by atoms with Gasteiger partial charge >= 0.3 is 5.97 Å². The molecule has 4 saturated heterocycles. The molecule has 7 heterocycles. The largest absolute Gasteiger partial charge is 0.469 e. The molecule has 6 bridgehead atoms. The Hall–Kier alpha value is -3.69. The van der Waals surface area contributed by atoms with Crippen molar-refractivity contribution in [2.24, 2.45) is 30.7 Å². The maximum absolute atomic E-state index is 13.7. The first-order valence-corrected chi connectivity index (χ1v) is 18.1. The molecule has 49 heavy (non-hydrogen) atoms. The summed E-state index contributed by atoms with van der Waals surface area (Å²) in [4.78, 5) is 22.2. The fraction of sp³-hybridized carbons (Fsp3) is 0.488. The zero-order chi connectivity index (χ0) is 33.9. The van der Waals surface area contributed by atoms with Gasteiger partial charge in [0.1, 0.15) is 0 Å². The highest BCUT2D eigenvalue weighted by molar-refractivity contribution is 5.89. The summed E-state index contributed by atoms with van der Waals surface area (Å²) in [5.74, 6) is 0.0000341. The van der Waals surface area contributed by atoms with E-state index in [4.69, 9.17) is 4.74 Å². The minimum absolute atomic E-state index is 0.0347. The second-order valence-corrected chi connectivity index (χ2v) is 15.5. The van der Waals surface area contributed by atoms with Gasteiger partial charge in [-0.2, -0.15) is 0 Å². The number of ether oxygens (including phenoxy) is 1. The van der Waals surface area contributed by atoms with Gasteiger partial charge in [-0.25, -0.2) is 0 Å². The van der Waals surface area contributed by atoms with Crippen molar-refractivity contribution >= 4 is 27.8 Å². The molecule has 1 aliphatic carbocycles. The molecule has 2 aromatic carbocycles. The quantitative estimate of drug-likeness (QED) is 0.202. The lowest BCUT2D eigenvalue weighted by atomic mass is 9.62. The fourth-order valence-corrected chi connectivity index (χ4v) is 11.3. The number of aliphatic hydroxyl groups is 2. The Bertz CT molecular complexity index is 2070. The summed E-state index contributed by atoms with van der Waals surface area (Å²) in [6.07, 6.45) is 7.39. The number of hydrogen-bond donors (Lipinski definition) is 3. The summed E-state index contributed by atoms with van der Waals surface area (Å²) < 4.78 is 7.76. The van der Waals surface area contributed by atoms with Crippen molar-refractivity contribution in [3.63, 3.8) is 0 Å². The lowest BCUT2D eigenvalue weighted by Gasteiger charge is -2.62. The number of aryl methyl sites for hydroxylation is 1. The van der Waals surface area contributed by atoms with Gasteiger partial charge in [0.15, 0.2) is 5.72 Å². The Morgan fingerprint density at radius 1 is 1.00 bits per heavy atom. The normalized spacial score (nSPS) is 35.4. The second-order valence-electron chi connectivity index (χ2n) is 15.5. The van der Waals surface area contributed by atoms with Crippen LogP contribution in [0.25, 0.3) is 21.8 Å². The van der Waals surface area contributed by atoms with Gasteiger partial charge in [-0.05, 0) is 86.9 Å². The van der Waals surface area contributed by atoms with E-state index in [2.05, 4.69) is 102 Å². The summed E-state index contributed by atoms with van der Waals surface area (Å²) >= 11 is 0. The van der Waals surface area contributed by atoms with Crippen molar-refractivity contribution in [1.82, 2.24) is 19.4 Å². The molecule has 0 amide bonds. The van der Waals surface area contributed by atoms with E-state index in [1.807, 2.05) is 0 Å². The number of likely N-dealkylation sites (N-methyl/N-ethyl adjacent to an activating group) is 1. The number of benzene rings is 2. The van der Waals surface area contributed by atoms with Crippen LogP contribution in [-0.4, -0.2) is 81.5 Å². The molecule has 9 atom stereocenters. The number of nitrogens with zero attached hydrogens (tertiary/aromatic N) is 3. The molecular formula is C41H48N4O4. The van der Waals surface area contributed by atoms with Crippen molar-refractivity contribution in [2.75, 3.05) is 33.9 Å². The minimum atomic E-state index is -1.06. The third-order valence-electron chi connectivity index (χ3n) is 13.6. The molecule has 1 unspecified atom stereocenters. The van der Waals surface area contributed by atoms with Crippen molar-refractivity contribution < 1.29 is 19.7 Å². The molecule has 5 aliphatic heterocycles. The molecule has 0 radical (unpaired) electrons. The van der Waals surface area contributed by atoms with Gasteiger partial charge in [0.25, 0.3) is 0 Å². The number of carbonyl (C=O) groups is 1. The number of likely N-dealkylation sites (tertiary alicyclic amines) is 1. The predicted octanol–water partition coefficient (Wildman–Crippen LogP) is 5.36. The number of methoxy groups -OCH3 is 1. The summed E-state index contributed by atoms with van der Waals surface area (Å²) in [5, 5.41) is 25.6. The van der Waals surface area contributed by atoms with E-state index in [0.29, 0.717) is 6.42 Å². The molecule has 0 saturated carbocycles. The van der Waals surface area contributed by atoms with E-state index in [1.165, 1.54) is 51.4 Å². The molecule has 10 rings (SSSR count). The summed E-state index contributed by atoms with van der Waals surface area (Å²) in [5.41, 5.74) is 9.82. The van der Waals surface area contributed by atoms with E-state index in [9.17, 15) is 15.0 Å². The highest BCUT2D eigenvalue weighted by Gasteiger charge is 2.60. The summed E-state index contributed by atoms with van der Waals surface area (Å²) in [7, 11) is 5.78. The Labute approximate surface area is 288 Å². The SMILES string of the molecule is C/C=C1/CN2[C@@H]3Cc4c(n(C)c5ccc([C@@H]6C[C@@H]7/C(=C\C)CN(C)[C@H](Cc8c6[nH]c6ccccc86)[C@H]7C(=O)OC)cc45)[C@]2(O)C[C@H]1[C@@H]3CO. The van der Waals surface area contributed by atoms with Crippen LogP contribution in [0.15, 0.2) is 65.8 Å². The minimum Gasteiger partial charge on any atom is -0.469 e. The van der Waals surface area contributed by atoms with Crippen LogP contribution in [0, 0.1) is 23.7 Å². The highest BCUT2D eigenvalue weighted by Crippen LogP contribution is 2.57. The van der Waals surface area contributed by atoms with Gasteiger partial charge in [0, 0.05) is 84.6 Å². The number of fused-ring (bicyclic) bond motifs is 9. The fourth-order valence-electron chi connectivity index (χ4n) is 11.3. The first-order valence-electron chi connectivity index (χ1n) is 18.1. The van der Waals surface area contributed by atoms with Crippen molar-refractivity contribution in [2.45, 2.75) is 63.3 Å². The third kappa shape index (κ3) is 4.21. The molecule has 8 nitrogen and oxygen atoms in total. The van der Waals surface area contributed by atoms with Crippen LogP contribution < -0.4 is 0 Å². The van der Waals surface area contributed by atoms with Crippen LogP contribution in [0.5, 0.6) is 0 Å². The topological polar surface area (TPSA) is 94.0 Å². The number of aromatic amines is 1. The predicted molar refractivity (Wildman–Crippen MR) is 191 cm³/mol. The maximum Gasteiger partial charge on any atom is 0.310 e. The van der Waals surface area contributed by atoms with Gasteiger partial charge in [-0.3, -0.25) is 14.6 Å². The van der Waals surface area contributed by atoms with Crippen LogP contribution in [-0.2, 0) is 35.1 Å². The number of carbonyl (C=O) groups excluding carboxylic acids is 1. The Morgan fingerprint density at radius 2 is 1.76 bits per heavy atom. The third-order valence-corrected chi connectivity index (χ3v) is 13.6. The maximum atomic E-state index is 13.7. The summed E-state index contributed by atoms with van der Waals surface area (Å²) in [6.45, 7) is 5.91. The molecule has 4 fully saturated rings. The van der Waals surface area contributed by atoms with Gasteiger partial charge in [0.05, 0.1) is 18.7 Å². The van der Waals surface area contributed by atoms with Crippen molar-refractivity contribution in [1.29, 1.82) is 0 Å². The van der Waals surface area contributed by atoms with Crippen LogP contribution in [0.4, 0.5) is 0 Å². The number of allylic oxidation sites excluding steroid dienone is 2. The van der Waals surface area contributed by atoms with Gasteiger partial charge in [0.2, 0.25) is 0 Å². The van der Waals surface area contributed by atoms with E-state index in [0.717, 1.165) is 49.1 Å². The number of esters is 1. The lowest BCUT2D eigenvalue weighted by molar-refractivity contribution is -0.222. The van der Waals surface area contributed by atoms with Gasteiger partial charge < -0.3 is 24.5 Å². The van der Waals surface area contributed by atoms with Crippen LogP contribution in [0.1, 0.15) is 60.7 Å². The number of para-hydroxylation sites is 1. The molecule has 3 N–H and O–H groups in total. The Balaban J connectivity index is 1.23. The molecule has 8 heteroatoms. The van der Waals surface area contributed by atoms with E-state index in [1.54, 1.807) is 0 Å². The monoisotopic (exact) mass is 660 g/mol. The molecule has 6 aliphatic rings. The van der Waals surface area contributed by atoms with Gasteiger partial charge in [-0.15, -0.1) is 0 Å². The number of H-pyrrole nitrogens is 1. The number of hydrogen-bond acceptors (Lipinski definition) is 6. The second kappa shape index (κ2) is 11.2. The molecule has 2 aromatic heterocycles. The molecule has 4 aromatic rings. The Kier molecular flexibility index (Phi) is 7.13. The number of piperidine rings is 4. The standard InChI is InChI=1S/C41H48N4O4/c1-6-22-19-43(3)36-16-29-25-10-8-9-11-33(25)42-38(29)27(15-26(22)37(36)40(47)49-5)24-12-13-34-28(14-24)30-17-35-32(21-46)31-18-41(48,39(30)44(34)4)45(35)20-23(31)7-2/h6-14,26-27,31-32,35-37,42,46,48H,15-21H2,1-5H3/b22-6-,23-7-/t26-,27+,31-,32+,35-,36-,37+,41-/m1/s1. The van der Waals surface area contributed by atoms with Crippen LogP contribution in [0.3, 0.4) is 0 Å². The summed E-state index contributed by atoms with van der Waals surface area (Å²) in [6, 6.07) is 15.6. The number of nitrogens with one attached hydrogen (secondary N) is 1. The first kappa shape index (κ1) is 31.3. The number of rotatable bonds is 3. The number of aliphatic hydroxyl groups excluding tert-OH is 1. The van der Waals surface area contributed by atoms with Crippen LogP contribution >= 0.6 is 0 Å². The first-order chi connectivity index (χ1) is 23.7. The molecule has 256 valence electrons. The van der Waals surface area contributed by atoms with E-state index < -0.39 is 5.72 Å². The molecular weight excluding hydrogens is 612 g/mol. The highest BCUT2D eigenvalue weighted by atomic mass is 16.5. The van der Waals surface area contributed by atoms with Crippen LogP contribution in [0.2, 0.25) is 0 Å². The molecule has 0 spiro atoms. The van der Waals surface area contributed by atoms with Gasteiger partial charge in [-0.1, -0.05) is 47.6 Å². The average molecular weight is 661 g/mol. The zero-order valence-electron chi connectivity index (χ0n) is 29.2. The Morgan fingerprint density at radius 3 is 2.51 bits per heavy atom. The smallest absolute Gasteiger partial charge is 0.310 e. The number of aromatic nitrogens is 2. The van der Waals surface area contributed by atoms with E-state index >= 15 is 0 Å². The lowest BCUT2D eigenvalue weighted by Crippen LogP contribution is -2.69. The zero-order valence-corrected chi connectivity index (χ0v) is 29.2. The van der Waals surface area contributed by atoms with Crippen molar-refractivity contribution in [3.05, 3.63) is 93.8 Å². The van der Waals surface area contributed by atoms with Crippen molar-refractivity contribution in [3.8, 4) is 0 Å². The average Bonchev–Trinajstić information content (AvgIpc) is 3.60.